The molecule has 0 radical (unpaired) electrons. The average Bonchev–Trinajstić information content (AvgIpc) is 3.29. The van der Waals surface area contributed by atoms with Crippen LogP contribution in [0.4, 0.5) is 8.78 Å². The third kappa shape index (κ3) is 3.84. The van der Waals surface area contributed by atoms with Gasteiger partial charge in [0.05, 0.1) is 34.9 Å². The van der Waals surface area contributed by atoms with Gasteiger partial charge in [0.1, 0.15) is 12.0 Å². The number of rotatable bonds is 4. The largest absolute Gasteiger partial charge is 0.346 e. The maximum absolute atomic E-state index is 14.8. The Morgan fingerprint density at radius 3 is 2.81 bits per heavy atom. The van der Waals surface area contributed by atoms with Crippen molar-refractivity contribution < 1.29 is 13.6 Å². The molecule has 1 saturated heterocycles. The van der Waals surface area contributed by atoms with Crippen LogP contribution in [0, 0.1) is 5.82 Å². The van der Waals surface area contributed by atoms with Gasteiger partial charge >= 0.3 is 0 Å². The van der Waals surface area contributed by atoms with E-state index in [1.54, 1.807) is 18.3 Å². The molecular weight excluding hydrogens is 436 g/mol. The number of hydrogen-bond acceptors (Lipinski definition) is 3. The number of carbonyl (C=O) groups excluding carboxylic acids is 1. The van der Waals surface area contributed by atoms with Crippen LogP contribution in [0.1, 0.15) is 22.5 Å². The van der Waals surface area contributed by atoms with Crippen molar-refractivity contribution in [3.05, 3.63) is 65.7 Å². The first-order valence-corrected chi connectivity index (χ1v) is 10.4. The molecule has 1 amide bonds. The van der Waals surface area contributed by atoms with Gasteiger partial charge in [-0.15, -0.1) is 12.4 Å². The maximum Gasteiger partial charge on any atom is 0.253 e. The number of aromatic nitrogens is 3. The van der Waals surface area contributed by atoms with E-state index in [-0.39, 0.29) is 29.9 Å². The smallest absolute Gasteiger partial charge is 0.253 e. The standard InChI is InChI=1S/C23H23F2N5O.ClH/c1-29-20-7-3-2-5-14(20)19(28-29)13-30-12-15(22-16(24)6-4-8-21(22)30)23(31)27-18-9-10-26-11-17(18)25;/h2-8,12,17-18,26H,9-11,13H2,1H3,(H,27,31);1H. The number of para-hydroxylation sites is 1. The molecule has 9 heteroatoms. The number of nitrogens with one attached hydrogen (secondary N) is 2. The van der Waals surface area contributed by atoms with Gasteiger partial charge in [0.15, 0.2) is 0 Å². The van der Waals surface area contributed by atoms with Crippen LogP contribution in [-0.4, -0.2) is 45.6 Å². The monoisotopic (exact) mass is 459 g/mol. The van der Waals surface area contributed by atoms with Crippen molar-refractivity contribution in [2.45, 2.75) is 25.2 Å². The molecule has 0 saturated carbocycles. The van der Waals surface area contributed by atoms with Crippen molar-refractivity contribution >= 4 is 40.1 Å². The minimum absolute atomic E-state index is 0. The van der Waals surface area contributed by atoms with Crippen molar-refractivity contribution in [3.63, 3.8) is 0 Å². The topological polar surface area (TPSA) is 63.9 Å². The van der Waals surface area contributed by atoms with Crippen molar-refractivity contribution in [1.82, 2.24) is 25.0 Å². The number of nitrogens with zero attached hydrogens (tertiary/aromatic N) is 3. The minimum atomic E-state index is -1.17. The van der Waals surface area contributed by atoms with Gasteiger partial charge in [0.2, 0.25) is 0 Å². The average molecular weight is 460 g/mol. The predicted octanol–water partition coefficient (Wildman–Crippen LogP) is 3.57. The Balaban J connectivity index is 0.00000245. The number of alkyl halides is 1. The molecule has 3 heterocycles. The molecule has 2 atom stereocenters. The number of halogens is 3. The summed E-state index contributed by atoms with van der Waals surface area (Å²) in [5, 5.41) is 11.6. The molecular formula is C23H24ClF2N5O. The number of amides is 1. The molecule has 0 aliphatic carbocycles. The highest BCUT2D eigenvalue weighted by atomic mass is 35.5. The quantitative estimate of drug-likeness (QED) is 0.490. The van der Waals surface area contributed by atoms with Crippen molar-refractivity contribution in [3.8, 4) is 0 Å². The molecule has 0 bridgehead atoms. The summed E-state index contributed by atoms with van der Waals surface area (Å²) >= 11 is 0. The predicted molar refractivity (Wildman–Crippen MR) is 123 cm³/mol. The van der Waals surface area contributed by atoms with Crippen LogP contribution >= 0.6 is 12.4 Å². The van der Waals surface area contributed by atoms with E-state index in [1.165, 1.54) is 6.07 Å². The van der Waals surface area contributed by atoms with Gasteiger partial charge in [-0.1, -0.05) is 24.3 Å². The zero-order valence-corrected chi connectivity index (χ0v) is 18.3. The lowest BCUT2D eigenvalue weighted by Gasteiger charge is -2.27. The van der Waals surface area contributed by atoms with Crippen molar-refractivity contribution in [1.29, 1.82) is 0 Å². The number of carbonyl (C=O) groups is 1. The Hall–Kier alpha value is -2.97. The van der Waals surface area contributed by atoms with Crippen LogP contribution in [0.5, 0.6) is 0 Å². The Morgan fingerprint density at radius 1 is 1.22 bits per heavy atom. The number of piperidine rings is 1. The summed E-state index contributed by atoms with van der Waals surface area (Å²) in [6, 6.07) is 12.0. The summed E-state index contributed by atoms with van der Waals surface area (Å²) in [7, 11) is 1.88. The molecule has 5 rings (SSSR count). The second kappa shape index (κ2) is 8.88. The molecule has 168 valence electrons. The molecule has 4 aromatic rings. The highest BCUT2D eigenvalue weighted by molar-refractivity contribution is 6.07. The molecule has 6 nitrogen and oxygen atoms in total. The van der Waals surface area contributed by atoms with Gasteiger partial charge in [-0.25, -0.2) is 8.78 Å². The van der Waals surface area contributed by atoms with E-state index < -0.39 is 23.9 Å². The molecule has 1 aliphatic rings. The number of benzene rings is 2. The van der Waals surface area contributed by atoms with Crippen LogP contribution < -0.4 is 10.6 Å². The maximum atomic E-state index is 14.8. The van der Waals surface area contributed by atoms with E-state index >= 15 is 0 Å². The molecule has 2 aromatic carbocycles. The van der Waals surface area contributed by atoms with Gasteiger partial charge in [-0.05, 0) is 31.2 Å². The van der Waals surface area contributed by atoms with Crippen LogP contribution in [0.25, 0.3) is 21.8 Å². The number of aryl methyl sites for hydroxylation is 1. The van der Waals surface area contributed by atoms with Crippen LogP contribution in [0.15, 0.2) is 48.7 Å². The van der Waals surface area contributed by atoms with E-state index in [0.717, 1.165) is 16.6 Å². The Bertz CT molecular complexity index is 1280. The molecule has 2 unspecified atom stereocenters. The molecule has 0 spiro atoms. The zero-order chi connectivity index (χ0) is 21.5. The van der Waals surface area contributed by atoms with Crippen LogP contribution in [0.2, 0.25) is 0 Å². The fourth-order valence-corrected chi connectivity index (χ4v) is 4.41. The number of hydrogen-bond donors (Lipinski definition) is 2. The summed E-state index contributed by atoms with van der Waals surface area (Å²) in [6.45, 7) is 1.22. The first-order chi connectivity index (χ1) is 15.0. The van der Waals surface area contributed by atoms with E-state index in [9.17, 15) is 13.6 Å². The fourth-order valence-electron chi connectivity index (χ4n) is 4.41. The Kier molecular flexibility index (Phi) is 6.17. The van der Waals surface area contributed by atoms with Crippen molar-refractivity contribution in [2.24, 2.45) is 7.05 Å². The van der Waals surface area contributed by atoms with Gasteiger partial charge in [-0.3, -0.25) is 9.48 Å². The first kappa shape index (κ1) is 22.2. The SMILES string of the molecule is Cl.Cn1nc(Cn2cc(C(=O)NC3CCNCC3F)c3c(F)cccc32)c2ccccc21. The van der Waals surface area contributed by atoms with Crippen LogP contribution in [-0.2, 0) is 13.6 Å². The summed E-state index contributed by atoms with van der Waals surface area (Å²) in [4.78, 5) is 13.0. The number of fused-ring (bicyclic) bond motifs is 2. The van der Waals surface area contributed by atoms with Gasteiger partial charge in [0, 0.05) is 30.6 Å². The highest BCUT2D eigenvalue weighted by Crippen LogP contribution is 2.27. The minimum Gasteiger partial charge on any atom is -0.346 e. The summed E-state index contributed by atoms with van der Waals surface area (Å²) in [6.07, 6.45) is 0.963. The van der Waals surface area contributed by atoms with Gasteiger partial charge < -0.3 is 15.2 Å². The van der Waals surface area contributed by atoms with Gasteiger partial charge in [0.25, 0.3) is 5.91 Å². The van der Waals surface area contributed by atoms with Gasteiger partial charge in [-0.2, -0.15) is 5.10 Å². The third-order valence-electron chi connectivity index (χ3n) is 5.98. The van der Waals surface area contributed by atoms with E-state index in [4.69, 9.17) is 0 Å². The molecule has 1 aliphatic heterocycles. The van der Waals surface area contributed by atoms with E-state index in [0.29, 0.717) is 25.0 Å². The highest BCUT2D eigenvalue weighted by Gasteiger charge is 2.28. The summed E-state index contributed by atoms with van der Waals surface area (Å²) in [5.74, 6) is -0.941. The van der Waals surface area contributed by atoms with E-state index in [1.807, 2.05) is 40.6 Å². The second-order valence-electron chi connectivity index (χ2n) is 7.98. The molecule has 1 fully saturated rings. The molecule has 2 N–H and O–H groups in total. The molecule has 32 heavy (non-hydrogen) atoms. The Labute approximate surface area is 190 Å². The lowest BCUT2D eigenvalue weighted by Crippen LogP contribution is -2.50. The summed E-state index contributed by atoms with van der Waals surface area (Å²) < 4.78 is 32.6. The third-order valence-corrected chi connectivity index (χ3v) is 5.98. The normalized spacial score (nSPS) is 18.6. The Morgan fingerprint density at radius 2 is 2.00 bits per heavy atom. The molecule has 2 aromatic heterocycles. The second-order valence-corrected chi connectivity index (χ2v) is 7.98. The van der Waals surface area contributed by atoms with Crippen LogP contribution in [0.3, 0.4) is 0 Å². The lowest BCUT2D eigenvalue weighted by molar-refractivity contribution is 0.0893. The lowest BCUT2D eigenvalue weighted by atomic mass is 10.0. The fraction of sp³-hybridized carbons (Fsp3) is 0.304. The summed E-state index contributed by atoms with van der Waals surface area (Å²) in [5.41, 5.74) is 2.63. The van der Waals surface area contributed by atoms with E-state index in [2.05, 4.69) is 15.7 Å². The first-order valence-electron chi connectivity index (χ1n) is 10.4. The van der Waals surface area contributed by atoms with Crippen molar-refractivity contribution in [2.75, 3.05) is 13.1 Å². The zero-order valence-electron chi connectivity index (χ0n) is 17.5.